The van der Waals surface area contributed by atoms with Gasteiger partial charge in [0.25, 0.3) is 5.91 Å². The number of aromatic nitrogens is 2. The van der Waals surface area contributed by atoms with E-state index in [4.69, 9.17) is 9.47 Å². The van der Waals surface area contributed by atoms with Gasteiger partial charge in [0, 0.05) is 23.1 Å². The van der Waals surface area contributed by atoms with Crippen molar-refractivity contribution >= 4 is 23.2 Å². The van der Waals surface area contributed by atoms with Crippen LogP contribution < -0.4 is 20.1 Å². The second kappa shape index (κ2) is 8.39. The van der Waals surface area contributed by atoms with Gasteiger partial charge in [0.05, 0.1) is 14.2 Å². The Bertz CT molecular complexity index is 987. The number of methoxy groups -OCH3 is 2. The lowest BCUT2D eigenvalue weighted by Gasteiger charge is -2.11. The fourth-order valence-electron chi connectivity index (χ4n) is 2.62. The number of ether oxygens (including phenoxy) is 2. The number of rotatable bonds is 6. The Kier molecular flexibility index (Phi) is 5.74. The molecular weight excluding hydrogens is 356 g/mol. The van der Waals surface area contributed by atoms with Crippen molar-refractivity contribution in [3.63, 3.8) is 0 Å². The van der Waals surface area contributed by atoms with Crippen LogP contribution in [-0.4, -0.2) is 30.1 Å². The van der Waals surface area contributed by atoms with Crippen molar-refractivity contribution in [3.8, 4) is 11.5 Å². The molecule has 1 aromatic heterocycles. The molecular formula is C21H22N4O3. The Balaban J connectivity index is 1.80. The first-order chi connectivity index (χ1) is 13.5. The van der Waals surface area contributed by atoms with Crippen LogP contribution in [0.3, 0.4) is 0 Å². The van der Waals surface area contributed by atoms with Crippen LogP contribution in [0.2, 0.25) is 0 Å². The Morgan fingerprint density at radius 2 is 1.54 bits per heavy atom. The zero-order chi connectivity index (χ0) is 20.1. The largest absolute Gasteiger partial charge is 0.493 e. The van der Waals surface area contributed by atoms with Gasteiger partial charge in [-0.2, -0.15) is 0 Å². The van der Waals surface area contributed by atoms with E-state index in [1.54, 1.807) is 38.5 Å². The normalized spacial score (nSPS) is 10.3. The van der Waals surface area contributed by atoms with E-state index in [0.717, 1.165) is 11.3 Å². The van der Waals surface area contributed by atoms with E-state index >= 15 is 0 Å². The fourth-order valence-corrected chi connectivity index (χ4v) is 2.62. The first-order valence-electron chi connectivity index (χ1n) is 8.71. The lowest BCUT2D eigenvalue weighted by atomic mass is 10.2. The third kappa shape index (κ3) is 4.56. The number of hydrogen-bond donors (Lipinski definition) is 2. The molecule has 0 aliphatic heterocycles. The standard InChI is InChI=1S/C21H22N4O3/c1-13-5-7-15(8-6-13)24-21-22-14(2)11-17(25-21)20(26)23-16-9-10-18(27-3)19(12-16)28-4/h5-12H,1-4H3,(H,23,26)(H,22,24,25). The van der Waals surface area contributed by atoms with E-state index in [1.807, 2.05) is 38.1 Å². The van der Waals surface area contributed by atoms with E-state index in [0.29, 0.717) is 28.8 Å². The van der Waals surface area contributed by atoms with Crippen molar-refractivity contribution in [2.75, 3.05) is 24.9 Å². The minimum absolute atomic E-state index is 0.261. The molecule has 0 saturated carbocycles. The van der Waals surface area contributed by atoms with Gasteiger partial charge in [0.2, 0.25) is 5.95 Å². The lowest BCUT2D eigenvalue weighted by Crippen LogP contribution is -2.15. The van der Waals surface area contributed by atoms with Crippen LogP contribution in [0.5, 0.6) is 11.5 Å². The van der Waals surface area contributed by atoms with Gasteiger partial charge in [0.1, 0.15) is 5.69 Å². The molecule has 1 heterocycles. The van der Waals surface area contributed by atoms with Crippen LogP contribution in [0.4, 0.5) is 17.3 Å². The highest BCUT2D eigenvalue weighted by atomic mass is 16.5. The minimum atomic E-state index is -0.343. The van der Waals surface area contributed by atoms with Crippen molar-refractivity contribution in [2.24, 2.45) is 0 Å². The summed E-state index contributed by atoms with van der Waals surface area (Å²) in [6, 6.07) is 14.6. The molecule has 0 aliphatic rings. The third-order valence-electron chi connectivity index (χ3n) is 4.04. The van der Waals surface area contributed by atoms with Crippen molar-refractivity contribution in [1.82, 2.24) is 9.97 Å². The molecule has 3 aromatic rings. The quantitative estimate of drug-likeness (QED) is 0.671. The molecule has 0 radical (unpaired) electrons. The lowest BCUT2D eigenvalue weighted by molar-refractivity contribution is 0.102. The van der Waals surface area contributed by atoms with Gasteiger partial charge in [-0.25, -0.2) is 9.97 Å². The highest BCUT2D eigenvalue weighted by Gasteiger charge is 2.13. The fraction of sp³-hybridized carbons (Fsp3) is 0.190. The predicted molar refractivity (Wildman–Crippen MR) is 109 cm³/mol. The van der Waals surface area contributed by atoms with Crippen molar-refractivity contribution < 1.29 is 14.3 Å². The number of nitrogens with one attached hydrogen (secondary N) is 2. The molecule has 0 saturated heterocycles. The van der Waals surface area contributed by atoms with E-state index in [2.05, 4.69) is 20.6 Å². The van der Waals surface area contributed by atoms with Crippen molar-refractivity contribution in [3.05, 3.63) is 65.5 Å². The van der Waals surface area contributed by atoms with Crippen LogP contribution in [0, 0.1) is 13.8 Å². The summed E-state index contributed by atoms with van der Waals surface area (Å²) in [5, 5.41) is 5.94. The van der Waals surface area contributed by atoms with Gasteiger partial charge in [-0.15, -0.1) is 0 Å². The molecule has 144 valence electrons. The van der Waals surface area contributed by atoms with Crippen LogP contribution in [0.15, 0.2) is 48.5 Å². The van der Waals surface area contributed by atoms with Gasteiger partial charge in [-0.1, -0.05) is 17.7 Å². The average molecular weight is 378 g/mol. The molecule has 0 aliphatic carbocycles. The summed E-state index contributed by atoms with van der Waals surface area (Å²) >= 11 is 0. The van der Waals surface area contributed by atoms with Gasteiger partial charge in [0.15, 0.2) is 11.5 Å². The molecule has 7 heteroatoms. The topological polar surface area (TPSA) is 85.4 Å². The molecule has 2 aromatic carbocycles. The van der Waals surface area contributed by atoms with Gasteiger partial charge in [-0.05, 0) is 44.2 Å². The van der Waals surface area contributed by atoms with E-state index in [1.165, 1.54) is 0 Å². The number of anilines is 3. The number of aryl methyl sites for hydroxylation is 2. The summed E-state index contributed by atoms with van der Waals surface area (Å²) in [6.45, 7) is 3.83. The predicted octanol–water partition coefficient (Wildman–Crippen LogP) is 4.11. The number of hydrogen-bond acceptors (Lipinski definition) is 6. The molecule has 0 fully saturated rings. The summed E-state index contributed by atoms with van der Waals surface area (Å²) in [5.74, 6) is 1.13. The average Bonchev–Trinajstić information content (AvgIpc) is 2.69. The van der Waals surface area contributed by atoms with Crippen LogP contribution in [-0.2, 0) is 0 Å². The van der Waals surface area contributed by atoms with Crippen molar-refractivity contribution in [2.45, 2.75) is 13.8 Å². The molecule has 7 nitrogen and oxygen atoms in total. The van der Waals surface area contributed by atoms with E-state index in [-0.39, 0.29) is 11.6 Å². The SMILES string of the molecule is COc1ccc(NC(=O)c2cc(C)nc(Nc3ccc(C)cc3)n2)cc1OC. The monoisotopic (exact) mass is 378 g/mol. The second-order valence-electron chi connectivity index (χ2n) is 6.23. The zero-order valence-corrected chi connectivity index (χ0v) is 16.2. The number of amides is 1. The van der Waals surface area contributed by atoms with E-state index in [9.17, 15) is 4.79 Å². The molecule has 0 unspecified atom stereocenters. The van der Waals surface area contributed by atoms with Crippen LogP contribution >= 0.6 is 0 Å². The summed E-state index contributed by atoms with van der Waals surface area (Å²) in [4.78, 5) is 21.4. The first-order valence-corrected chi connectivity index (χ1v) is 8.71. The third-order valence-corrected chi connectivity index (χ3v) is 4.04. The van der Waals surface area contributed by atoms with Crippen LogP contribution in [0.1, 0.15) is 21.7 Å². The Morgan fingerprint density at radius 1 is 0.857 bits per heavy atom. The number of carbonyl (C=O) groups excluding carboxylic acids is 1. The Labute approximate surface area is 163 Å². The Hall–Kier alpha value is -3.61. The van der Waals surface area contributed by atoms with Gasteiger partial charge >= 0.3 is 0 Å². The van der Waals surface area contributed by atoms with Gasteiger partial charge < -0.3 is 20.1 Å². The molecule has 28 heavy (non-hydrogen) atoms. The van der Waals surface area contributed by atoms with Crippen molar-refractivity contribution in [1.29, 1.82) is 0 Å². The number of benzene rings is 2. The Morgan fingerprint density at radius 3 is 2.21 bits per heavy atom. The second-order valence-corrected chi connectivity index (χ2v) is 6.23. The molecule has 2 N–H and O–H groups in total. The maximum Gasteiger partial charge on any atom is 0.274 e. The number of carbonyl (C=O) groups is 1. The molecule has 0 atom stereocenters. The summed E-state index contributed by atoms with van der Waals surface area (Å²) < 4.78 is 10.5. The summed E-state index contributed by atoms with van der Waals surface area (Å²) in [6.07, 6.45) is 0. The summed E-state index contributed by atoms with van der Waals surface area (Å²) in [5.41, 5.74) is 3.53. The highest BCUT2D eigenvalue weighted by molar-refractivity contribution is 6.03. The molecule has 1 amide bonds. The molecule has 0 bridgehead atoms. The number of nitrogens with zero attached hydrogens (tertiary/aromatic N) is 2. The minimum Gasteiger partial charge on any atom is -0.493 e. The molecule has 3 rings (SSSR count). The first kappa shape index (κ1) is 19.2. The van der Waals surface area contributed by atoms with Gasteiger partial charge in [-0.3, -0.25) is 4.79 Å². The maximum absolute atomic E-state index is 12.7. The smallest absolute Gasteiger partial charge is 0.274 e. The zero-order valence-electron chi connectivity index (χ0n) is 16.2. The highest BCUT2D eigenvalue weighted by Crippen LogP contribution is 2.29. The molecule has 0 spiro atoms. The maximum atomic E-state index is 12.7. The van der Waals surface area contributed by atoms with E-state index < -0.39 is 0 Å². The van der Waals surface area contributed by atoms with Crippen LogP contribution in [0.25, 0.3) is 0 Å². The summed E-state index contributed by atoms with van der Waals surface area (Å²) in [7, 11) is 3.10.